The van der Waals surface area contributed by atoms with Gasteiger partial charge in [-0.1, -0.05) is 18.2 Å². The van der Waals surface area contributed by atoms with Crippen molar-refractivity contribution in [1.82, 2.24) is 0 Å². The maximum absolute atomic E-state index is 11.7. The van der Waals surface area contributed by atoms with Crippen LogP contribution in [0.1, 0.15) is 18.4 Å². The third-order valence-corrected chi connectivity index (χ3v) is 4.02. The topological polar surface area (TPSA) is 50.4 Å². The largest absolute Gasteiger partial charge is 0.496 e. The summed E-state index contributed by atoms with van der Waals surface area (Å²) in [6.07, 6.45) is 2.94. The van der Waals surface area contributed by atoms with Gasteiger partial charge in [-0.25, -0.2) is 0 Å². The minimum absolute atomic E-state index is 0.141. The van der Waals surface area contributed by atoms with Crippen molar-refractivity contribution in [2.45, 2.75) is 19.3 Å². The number of ether oxygens (including phenoxy) is 1. The molecular formula is C19H22N2O2. The predicted molar refractivity (Wildman–Crippen MR) is 93.0 cm³/mol. The van der Waals surface area contributed by atoms with E-state index in [0.717, 1.165) is 42.9 Å². The van der Waals surface area contributed by atoms with Crippen LogP contribution in [0.2, 0.25) is 0 Å². The second-order valence-electron chi connectivity index (χ2n) is 5.83. The quantitative estimate of drug-likeness (QED) is 0.820. The highest BCUT2D eigenvalue weighted by molar-refractivity contribution is 5.94. The number of rotatable bonds is 7. The predicted octanol–water partition coefficient (Wildman–Crippen LogP) is 3.70. The molecule has 0 heterocycles. The summed E-state index contributed by atoms with van der Waals surface area (Å²) in [6.45, 7) is 0.828. The lowest BCUT2D eigenvalue weighted by molar-refractivity contribution is -0.117. The molecule has 4 heteroatoms. The van der Waals surface area contributed by atoms with Crippen molar-refractivity contribution >= 4 is 17.3 Å². The number of hydrogen-bond donors (Lipinski definition) is 2. The minimum Gasteiger partial charge on any atom is -0.496 e. The maximum atomic E-state index is 11.7. The van der Waals surface area contributed by atoms with Crippen molar-refractivity contribution in [1.29, 1.82) is 0 Å². The van der Waals surface area contributed by atoms with Crippen molar-refractivity contribution in [3.63, 3.8) is 0 Å². The Morgan fingerprint density at radius 1 is 1.09 bits per heavy atom. The second-order valence-corrected chi connectivity index (χ2v) is 5.83. The summed E-state index contributed by atoms with van der Waals surface area (Å²) < 4.78 is 5.36. The Hall–Kier alpha value is -2.49. The normalized spacial score (nSPS) is 13.4. The lowest BCUT2D eigenvalue weighted by atomic mass is 10.1. The van der Waals surface area contributed by atoms with Crippen LogP contribution in [0, 0.1) is 5.92 Å². The van der Waals surface area contributed by atoms with Crippen LogP contribution in [0.5, 0.6) is 5.75 Å². The van der Waals surface area contributed by atoms with E-state index in [4.69, 9.17) is 4.74 Å². The summed E-state index contributed by atoms with van der Waals surface area (Å²) >= 11 is 0. The average Bonchev–Trinajstić information content (AvgIpc) is 3.42. The summed E-state index contributed by atoms with van der Waals surface area (Å²) in [6, 6.07) is 15.9. The third-order valence-electron chi connectivity index (χ3n) is 4.02. The Labute approximate surface area is 136 Å². The monoisotopic (exact) mass is 310 g/mol. The first-order chi connectivity index (χ1) is 11.3. The van der Waals surface area contributed by atoms with Gasteiger partial charge >= 0.3 is 0 Å². The highest BCUT2D eigenvalue weighted by Crippen LogP contribution is 2.30. The fourth-order valence-corrected chi connectivity index (χ4v) is 2.51. The molecular weight excluding hydrogens is 288 g/mol. The molecule has 1 aliphatic carbocycles. The number of carbonyl (C=O) groups excluding carboxylic acids is 1. The SMILES string of the molecule is COc1ccccc1CCNc1ccc(NC(=O)C2CC2)cc1. The van der Waals surface area contributed by atoms with Crippen LogP contribution in [0.3, 0.4) is 0 Å². The first-order valence-electron chi connectivity index (χ1n) is 8.03. The molecule has 0 spiro atoms. The Morgan fingerprint density at radius 2 is 1.78 bits per heavy atom. The van der Waals surface area contributed by atoms with Crippen LogP contribution in [0.25, 0.3) is 0 Å². The summed E-state index contributed by atoms with van der Waals surface area (Å²) in [7, 11) is 1.70. The number of nitrogens with one attached hydrogen (secondary N) is 2. The highest BCUT2D eigenvalue weighted by Gasteiger charge is 2.29. The van der Waals surface area contributed by atoms with Gasteiger partial charge in [-0.2, -0.15) is 0 Å². The molecule has 3 rings (SSSR count). The first kappa shape index (κ1) is 15.4. The minimum atomic E-state index is 0.141. The molecule has 23 heavy (non-hydrogen) atoms. The molecule has 2 N–H and O–H groups in total. The third kappa shape index (κ3) is 4.25. The summed E-state index contributed by atoms with van der Waals surface area (Å²) in [4.78, 5) is 11.7. The van der Waals surface area contributed by atoms with Crippen LogP contribution in [-0.4, -0.2) is 19.6 Å². The Balaban J connectivity index is 1.49. The van der Waals surface area contributed by atoms with Crippen LogP contribution >= 0.6 is 0 Å². The molecule has 1 saturated carbocycles. The number of amides is 1. The molecule has 120 valence electrons. The van der Waals surface area contributed by atoms with E-state index in [1.807, 2.05) is 42.5 Å². The van der Waals surface area contributed by atoms with E-state index in [1.165, 1.54) is 5.56 Å². The summed E-state index contributed by atoms with van der Waals surface area (Å²) in [5.74, 6) is 1.29. The fraction of sp³-hybridized carbons (Fsp3) is 0.316. The Bertz CT molecular complexity index is 663. The molecule has 4 nitrogen and oxygen atoms in total. The van der Waals surface area contributed by atoms with E-state index in [-0.39, 0.29) is 11.8 Å². The molecule has 1 amide bonds. The van der Waals surface area contributed by atoms with Gasteiger partial charge < -0.3 is 15.4 Å². The van der Waals surface area contributed by atoms with Gasteiger partial charge in [-0.15, -0.1) is 0 Å². The smallest absolute Gasteiger partial charge is 0.227 e. The van der Waals surface area contributed by atoms with Crippen molar-refractivity contribution in [2.24, 2.45) is 5.92 Å². The van der Waals surface area contributed by atoms with Gasteiger partial charge in [0.15, 0.2) is 0 Å². The second kappa shape index (κ2) is 7.18. The zero-order chi connectivity index (χ0) is 16.1. The average molecular weight is 310 g/mol. The van der Waals surface area contributed by atoms with Gasteiger partial charge in [0, 0.05) is 23.8 Å². The first-order valence-corrected chi connectivity index (χ1v) is 8.03. The highest BCUT2D eigenvalue weighted by atomic mass is 16.5. The number of anilines is 2. The van der Waals surface area contributed by atoms with Gasteiger partial charge in [-0.3, -0.25) is 4.79 Å². The van der Waals surface area contributed by atoms with Crippen LogP contribution in [-0.2, 0) is 11.2 Å². The maximum Gasteiger partial charge on any atom is 0.227 e. The van der Waals surface area contributed by atoms with E-state index in [2.05, 4.69) is 16.7 Å². The molecule has 2 aromatic rings. The van der Waals surface area contributed by atoms with E-state index in [9.17, 15) is 4.79 Å². The number of hydrogen-bond acceptors (Lipinski definition) is 3. The molecule has 0 aromatic heterocycles. The van der Waals surface area contributed by atoms with Gasteiger partial charge in [0.05, 0.1) is 7.11 Å². The van der Waals surface area contributed by atoms with Crippen molar-refractivity contribution in [2.75, 3.05) is 24.3 Å². The van der Waals surface area contributed by atoms with Crippen LogP contribution in [0.4, 0.5) is 11.4 Å². The molecule has 0 unspecified atom stereocenters. The van der Waals surface area contributed by atoms with Gasteiger partial charge in [-0.05, 0) is 55.2 Å². The molecule has 0 radical (unpaired) electrons. The van der Waals surface area contributed by atoms with Crippen molar-refractivity contribution < 1.29 is 9.53 Å². The van der Waals surface area contributed by atoms with E-state index in [1.54, 1.807) is 7.11 Å². The molecule has 1 aliphatic rings. The number of benzene rings is 2. The molecule has 0 atom stereocenters. The number of para-hydroxylation sites is 1. The molecule has 2 aromatic carbocycles. The molecule has 0 bridgehead atoms. The standard InChI is InChI=1S/C19H22N2O2/c1-23-18-5-3-2-4-14(18)12-13-20-16-8-10-17(11-9-16)21-19(22)15-6-7-15/h2-5,8-11,15,20H,6-7,12-13H2,1H3,(H,21,22). The zero-order valence-corrected chi connectivity index (χ0v) is 13.3. The van der Waals surface area contributed by atoms with E-state index in [0.29, 0.717) is 0 Å². The van der Waals surface area contributed by atoms with Gasteiger partial charge in [0.1, 0.15) is 5.75 Å². The van der Waals surface area contributed by atoms with Gasteiger partial charge in [0.2, 0.25) is 5.91 Å². The fourth-order valence-electron chi connectivity index (χ4n) is 2.51. The number of carbonyl (C=O) groups is 1. The molecule has 0 saturated heterocycles. The number of methoxy groups -OCH3 is 1. The molecule has 1 fully saturated rings. The molecule has 0 aliphatic heterocycles. The van der Waals surface area contributed by atoms with E-state index >= 15 is 0 Å². The van der Waals surface area contributed by atoms with Crippen molar-refractivity contribution in [3.8, 4) is 5.75 Å². The summed E-state index contributed by atoms with van der Waals surface area (Å²) in [5.41, 5.74) is 3.09. The van der Waals surface area contributed by atoms with Crippen LogP contribution < -0.4 is 15.4 Å². The van der Waals surface area contributed by atoms with Gasteiger partial charge in [0.25, 0.3) is 0 Å². The zero-order valence-electron chi connectivity index (χ0n) is 13.3. The Morgan fingerprint density at radius 3 is 2.48 bits per heavy atom. The lowest BCUT2D eigenvalue weighted by Gasteiger charge is -2.10. The van der Waals surface area contributed by atoms with Crippen molar-refractivity contribution in [3.05, 3.63) is 54.1 Å². The summed E-state index contributed by atoms with van der Waals surface area (Å²) in [5, 5.41) is 6.34. The Kier molecular flexibility index (Phi) is 4.81. The van der Waals surface area contributed by atoms with Crippen LogP contribution in [0.15, 0.2) is 48.5 Å². The van der Waals surface area contributed by atoms with E-state index < -0.39 is 0 Å². The lowest BCUT2D eigenvalue weighted by Crippen LogP contribution is -2.13.